The van der Waals surface area contributed by atoms with Gasteiger partial charge in [-0.1, -0.05) is 13.0 Å². The molecule has 1 N–H and O–H groups in total. The lowest BCUT2D eigenvalue weighted by molar-refractivity contribution is -0.151. The molecule has 10 heteroatoms. The Bertz CT molecular complexity index is 753. The fraction of sp³-hybridized carbons (Fsp3) is 0.556. The van der Waals surface area contributed by atoms with Gasteiger partial charge in [-0.05, 0) is 24.3 Å². The van der Waals surface area contributed by atoms with Gasteiger partial charge >= 0.3 is 12.0 Å². The minimum Gasteiger partial charge on any atom is -0.480 e. The SMILES string of the molecule is CCCN1C(=O)[C@H]2[C@@H](CCN2C(=O)COCC(=O)O)N(Cc2cccs2)C1=O. The van der Waals surface area contributed by atoms with E-state index in [1.165, 1.54) is 21.1 Å². The van der Waals surface area contributed by atoms with Crippen LogP contribution in [-0.2, 0) is 25.7 Å². The van der Waals surface area contributed by atoms with Crippen LogP contribution in [-0.4, -0.2) is 82.0 Å². The Balaban J connectivity index is 1.80. The maximum Gasteiger partial charge on any atom is 0.329 e. The maximum absolute atomic E-state index is 13.0. The number of rotatable bonds is 8. The van der Waals surface area contributed by atoms with Crippen molar-refractivity contribution in [2.45, 2.75) is 38.4 Å². The molecule has 0 unspecified atom stereocenters. The summed E-state index contributed by atoms with van der Waals surface area (Å²) in [5.74, 6) is -1.98. The Morgan fingerprint density at radius 1 is 1.32 bits per heavy atom. The molecule has 2 aliphatic rings. The molecule has 3 heterocycles. The first kappa shape index (κ1) is 20.3. The van der Waals surface area contributed by atoms with Crippen LogP contribution in [0.5, 0.6) is 0 Å². The Labute approximate surface area is 166 Å². The molecule has 0 aromatic carbocycles. The van der Waals surface area contributed by atoms with Crippen LogP contribution in [0, 0.1) is 0 Å². The monoisotopic (exact) mass is 409 g/mol. The van der Waals surface area contributed by atoms with Crippen LogP contribution in [0.25, 0.3) is 0 Å². The molecular formula is C18H23N3O6S. The van der Waals surface area contributed by atoms with Crippen LogP contribution in [0.4, 0.5) is 4.79 Å². The summed E-state index contributed by atoms with van der Waals surface area (Å²) in [5, 5.41) is 10.6. The number of carbonyl (C=O) groups is 4. The number of imide groups is 1. The highest BCUT2D eigenvalue weighted by molar-refractivity contribution is 7.09. The van der Waals surface area contributed by atoms with Crippen molar-refractivity contribution in [2.24, 2.45) is 0 Å². The van der Waals surface area contributed by atoms with E-state index in [1.807, 2.05) is 24.4 Å². The molecule has 152 valence electrons. The lowest BCUT2D eigenvalue weighted by Gasteiger charge is -2.43. The average Bonchev–Trinajstić information content (AvgIpc) is 3.31. The minimum absolute atomic E-state index is 0.291. The molecule has 2 aliphatic heterocycles. The summed E-state index contributed by atoms with van der Waals surface area (Å²) in [4.78, 5) is 54.4. The van der Waals surface area contributed by atoms with Crippen molar-refractivity contribution in [3.8, 4) is 0 Å². The van der Waals surface area contributed by atoms with E-state index >= 15 is 0 Å². The number of carboxylic acid groups (broad SMARTS) is 1. The van der Waals surface area contributed by atoms with E-state index in [0.717, 1.165) is 4.88 Å². The van der Waals surface area contributed by atoms with E-state index in [2.05, 4.69) is 0 Å². The van der Waals surface area contributed by atoms with Crippen LogP contribution < -0.4 is 0 Å². The van der Waals surface area contributed by atoms with Gasteiger partial charge in [-0.25, -0.2) is 9.59 Å². The number of aliphatic carboxylic acids is 1. The highest BCUT2D eigenvalue weighted by Gasteiger charge is 2.52. The summed E-state index contributed by atoms with van der Waals surface area (Å²) >= 11 is 1.54. The Morgan fingerprint density at radius 3 is 2.75 bits per heavy atom. The van der Waals surface area contributed by atoms with E-state index in [4.69, 9.17) is 9.84 Å². The molecule has 2 atom stereocenters. The number of urea groups is 1. The van der Waals surface area contributed by atoms with Gasteiger partial charge in [-0.2, -0.15) is 0 Å². The molecule has 1 aromatic heterocycles. The van der Waals surface area contributed by atoms with Gasteiger partial charge in [0.15, 0.2) is 0 Å². The molecule has 28 heavy (non-hydrogen) atoms. The third-order valence-electron chi connectivity index (χ3n) is 4.89. The van der Waals surface area contributed by atoms with Gasteiger partial charge in [-0.3, -0.25) is 14.5 Å². The van der Waals surface area contributed by atoms with Crippen LogP contribution >= 0.6 is 11.3 Å². The number of likely N-dealkylation sites (tertiary alicyclic amines) is 1. The van der Waals surface area contributed by atoms with Crippen molar-refractivity contribution in [3.05, 3.63) is 22.4 Å². The minimum atomic E-state index is -1.16. The molecule has 9 nitrogen and oxygen atoms in total. The highest BCUT2D eigenvalue weighted by Crippen LogP contribution is 2.32. The number of thiophene rings is 1. The second-order valence-electron chi connectivity index (χ2n) is 6.75. The van der Waals surface area contributed by atoms with E-state index in [1.54, 1.807) is 4.90 Å². The van der Waals surface area contributed by atoms with Crippen molar-refractivity contribution >= 4 is 35.2 Å². The molecule has 3 rings (SSSR count). The molecule has 2 fully saturated rings. The molecule has 0 aliphatic carbocycles. The number of hydrogen-bond donors (Lipinski definition) is 1. The van der Waals surface area contributed by atoms with Gasteiger partial charge in [-0.15, -0.1) is 11.3 Å². The fourth-order valence-electron chi connectivity index (χ4n) is 3.72. The summed E-state index contributed by atoms with van der Waals surface area (Å²) in [6.45, 7) is 1.90. The summed E-state index contributed by atoms with van der Waals surface area (Å²) < 4.78 is 4.90. The molecule has 1 aromatic rings. The number of carboxylic acids is 1. The zero-order valence-corrected chi connectivity index (χ0v) is 16.4. The second-order valence-corrected chi connectivity index (χ2v) is 7.79. The summed E-state index contributed by atoms with van der Waals surface area (Å²) in [6.07, 6.45) is 1.12. The van der Waals surface area contributed by atoms with Crippen LogP contribution in [0.2, 0.25) is 0 Å². The lowest BCUT2D eigenvalue weighted by Crippen LogP contribution is -2.65. The quantitative estimate of drug-likeness (QED) is 0.686. The highest BCUT2D eigenvalue weighted by atomic mass is 32.1. The topological polar surface area (TPSA) is 107 Å². The molecule has 2 saturated heterocycles. The predicted molar refractivity (Wildman–Crippen MR) is 99.6 cm³/mol. The van der Waals surface area contributed by atoms with Crippen LogP contribution in [0.15, 0.2) is 17.5 Å². The number of ether oxygens (including phenoxy) is 1. The first-order valence-corrected chi connectivity index (χ1v) is 10.0. The molecule has 0 spiro atoms. The van der Waals surface area contributed by atoms with Gasteiger partial charge in [0.2, 0.25) is 5.91 Å². The molecule has 0 radical (unpaired) electrons. The summed E-state index contributed by atoms with van der Waals surface area (Å²) in [5.41, 5.74) is 0. The van der Waals surface area contributed by atoms with Crippen molar-refractivity contribution in [1.82, 2.24) is 14.7 Å². The Morgan fingerprint density at radius 2 is 2.11 bits per heavy atom. The summed E-state index contributed by atoms with van der Waals surface area (Å²) in [6, 6.07) is 2.37. The van der Waals surface area contributed by atoms with Gasteiger partial charge in [0.25, 0.3) is 5.91 Å². The first-order chi connectivity index (χ1) is 13.4. The van der Waals surface area contributed by atoms with Gasteiger partial charge in [0.05, 0.1) is 12.6 Å². The molecular weight excluding hydrogens is 386 g/mol. The van der Waals surface area contributed by atoms with Crippen molar-refractivity contribution in [2.75, 3.05) is 26.3 Å². The molecule has 0 bridgehead atoms. The molecule has 4 amide bonds. The van der Waals surface area contributed by atoms with E-state index < -0.39 is 37.2 Å². The third kappa shape index (κ3) is 4.02. The standard InChI is InChI=1S/C18H23N3O6S/c1-2-6-20-17(25)16-13(21(18(20)26)9-12-4-3-8-28-12)5-7-19(16)14(22)10-27-11-15(23)24/h3-4,8,13,16H,2,5-7,9-11H2,1H3,(H,23,24)/t13-,16-/m1/s1. The summed E-state index contributed by atoms with van der Waals surface area (Å²) in [7, 11) is 0. The molecule has 0 saturated carbocycles. The number of fused-ring (bicyclic) bond motifs is 1. The number of carbonyl (C=O) groups excluding carboxylic acids is 3. The number of amides is 4. The normalized spacial score (nSPS) is 22.0. The number of nitrogens with zero attached hydrogens (tertiary/aromatic N) is 3. The lowest BCUT2D eigenvalue weighted by atomic mass is 10.0. The second kappa shape index (κ2) is 8.70. The van der Waals surface area contributed by atoms with E-state index in [-0.39, 0.29) is 11.9 Å². The zero-order chi connectivity index (χ0) is 20.3. The van der Waals surface area contributed by atoms with Crippen molar-refractivity contribution < 1.29 is 29.0 Å². The third-order valence-corrected chi connectivity index (χ3v) is 5.75. The van der Waals surface area contributed by atoms with E-state index in [9.17, 15) is 19.2 Å². The van der Waals surface area contributed by atoms with Gasteiger partial charge in [0.1, 0.15) is 19.3 Å². The van der Waals surface area contributed by atoms with Crippen molar-refractivity contribution in [1.29, 1.82) is 0 Å². The van der Waals surface area contributed by atoms with Gasteiger partial charge in [0, 0.05) is 18.0 Å². The van der Waals surface area contributed by atoms with Crippen LogP contribution in [0.1, 0.15) is 24.6 Å². The fourth-order valence-corrected chi connectivity index (χ4v) is 4.43. The predicted octanol–water partition coefficient (Wildman–Crippen LogP) is 0.993. The maximum atomic E-state index is 13.0. The van der Waals surface area contributed by atoms with Crippen molar-refractivity contribution in [3.63, 3.8) is 0 Å². The van der Waals surface area contributed by atoms with Crippen LogP contribution in [0.3, 0.4) is 0 Å². The largest absolute Gasteiger partial charge is 0.480 e. The number of hydrogen-bond acceptors (Lipinski definition) is 6. The average molecular weight is 409 g/mol. The van der Waals surface area contributed by atoms with E-state index in [0.29, 0.717) is 32.5 Å². The Kier molecular flexibility index (Phi) is 6.30. The van der Waals surface area contributed by atoms with Gasteiger partial charge < -0.3 is 19.6 Å². The zero-order valence-electron chi connectivity index (χ0n) is 15.6. The first-order valence-electron chi connectivity index (χ1n) is 9.17. The smallest absolute Gasteiger partial charge is 0.329 e. The Hall–Kier alpha value is -2.46.